The van der Waals surface area contributed by atoms with Crippen molar-refractivity contribution in [2.24, 2.45) is 0 Å². The molecule has 0 saturated heterocycles. The SMILES string of the molecule is C=C(O)c1ooc2c(O)c(O)c(O)c(O)c2n(-c2ccc3c(c2)N(c2ccc4c(c2)C(C)(C)c2ccccc2-4)c2cccc4c2B3c2cc(C(C)(C)C)ccc2N4c2ccc(C(C)(C)C)cc2)c1/C(O)=C(/O)CO. The molecule has 8 aromatic rings. The van der Waals surface area contributed by atoms with Gasteiger partial charge in [0, 0.05) is 45.2 Å². The summed E-state index contributed by atoms with van der Waals surface area (Å²) < 4.78 is 12.0. The first-order valence-corrected chi connectivity index (χ1v) is 24.4. The van der Waals surface area contributed by atoms with Gasteiger partial charge in [0.25, 0.3) is 12.3 Å². The standard InChI is InChI=1S/C60H56BN3O10/c1-31(66)56-49(51(68)47(67)30-65)64(50-52(69)53(70)54(71)55(72)57(50)74-73-56)36-23-25-41-46(29-36)63(35-22-24-38-37-13-10-11-14-39(37)60(8,9)40(38)28-35)45-16-12-15-44-48(45)61(41)42-27-33(59(5,6)7)19-26-43(42)62(44)34-20-17-32(18-21-34)58(2,3)4/h10-29,65-72H,1,30H2,2-9H3/b51-47-. The van der Waals surface area contributed by atoms with Crippen molar-refractivity contribution >= 4 is 79.8 Å². The summed E-state index contributed by atoms with van der Waals surface area (Å²) in [6.45, 7) is 19.7. The molecule has 2 aliphatic heterocycles. The van der Waals surface area contributed by atoms with Crippen molar-refractivity contribution in [2.45, 2.75) is 71.6 Å². The summed E-state index contributed by atoms with van der Waals surface area (Å²) in [5.74, 6) is -8.07. The van der Waals surface area contributed by atoms with Crippen LogP contribution in [-0.2, 0) is 16.2 Å². The molecule has 0 saturated carbocycles. The molecule has 13 nitrogen and oxygen atoms in total. The van der Waals surface area contributed by atoms with Crippen molar-refractivity contribution in [3.63, 3.8) is 0 Å². The lowest BCUT2D eigenvalue weighted by Gasteiger charge is -2.44. The van der Waals surface area contributed by atoms with Gasteiger partial charge in [-0.2, -0.15) is 0 Å². The number of aromatic hydroxyl groups is 4. The third-order valence-electron chi connectivity index (χ3n) is 15.0. The van der Waals surface area contributed by atoms with E-state index in [1.165, 1.54) is 11.1 Å². The molecule has 0 fully saturated rings. The summed E-state index contributed by atoms with van der Waals surface area (Å²) in [5, 5.41) is 89.1. The predicted octanol–water partition coefficient (Wildman–Crippen LogP) is 12.1. The number of hydrogen-bond donors (Lipinski definition) is 8. The normalized spacial score (nSPS) is 14.5. The summed E-state index contributed by atoms with van der Waals surface area (Å²) >= 11 is 0. The van der Waals surface area contributed by atoms with E-state index in [1.54, 1.807) is 12.1 Å². The predicted molar refractivity (Wildman–Crippen MR) is 292 cm³/mol. The summed E-state index contributed by atoms with van der Waals surface area (Å²) in [7, 11) is 0. The second-order valence-corrected chi connectivity index (χ2v) is 21.9. The molecule has 74 heavy (non-hydrogen) atoms. The Kier molecular flexibility index (Phi) is 10.6. The number of phenolic OH excluding ortho intramolecular Hbond substituents is 4. The number of aromatic nitrogens is 1. The maximum absolute atomic E-state index is 11.8. The largest absolute Gasteiger partial charge is 0.506 e. The van der Waals surface area contributed by atoms with Gasteiger partial charge in [0.05, 0.1) is 0 Å². The first-order chi connectivity index (χ1) is 35.0. The lowest BCUT2D eigenvalue weighted by molar-refractivity contribution is 0.0597. The maximum atomic E-state index is 11.8. The zero-order chi connectivity index (χ0) is 52.7. The van der Waals surface area contributed by atoms with Gasteiger partial charge in [0.2, 0.25) is 23.0 Å². The highest BCUT2D eigenvalue weighted by atomic mass is 17.0. The fourth-order valence-electron chi connectivity index (χ4n) is 11.2. The highest BCUT2D eigenvalue weighted by Gasteiger charge is 2.45. The van der Waals surface area contributed by atoms with Gasteiger partial charge in [-0.25, -0.2) is 0 Å². The van der Waals surface area contributed by atoms with E-state index in [0.29, 0.717) is 5.69 Å². The molecule has 3 aliphatic rings. The van der Waals surface area contributed by atoms with Crippen LogP contribution in [0.25, 0.3) is 39.4 Å². The van der Waals surface area contributed by atoms with Gasteiger partial charge < -0.3 is 50.7 Å². The molecule has 1 aromatic heterocycles. The van der Waals surface area contributed by atoms with Crippen molar-refractivity contribution in [3.05, 3.63) is 167 Å². The molecule has 374 valence electrons. The zero-order valence-electron chi connectivity index (χ0n) is 42.3. The average Bonchev–Trinajstić information content (AvgIpc) is 3.47. The lowest BCUT2D eigenvalue weighted by atomic mass is 9.33. The zero-order valence-corrected chi connectivity index (χ0v) is 42.3. The maximum Gasteiger partial charge on any atom is 0.252 e. The Balaban J connectivity index is 1.27. The van der Waals surface area contributed by atoms with Gasteiger partial charge in [0.15, 0.2) is 23.0 Å². The molecule has 3 heterocycles. The van der Waals surface area contributed by atoms with Crippen LogP contribution in [0.4, 0.5) is 34.1 Å². The monoisotopic (exact) mass is 989 g/mol. The number of fused-ring (bicyclic) bond motifs is 8. The second-order valence-electron chi connectivity index (χ2n) is 21.9. The number of rotatable bonds is 6. The minimum Gasteiger partial charge on any atom is -0.506 e. The Bertz CT molecular complexity index is 3790. The third-order valence-corrected chi connectivity index (χ3v) is 15.0. The van der Waals surface area contributed by atoms with Crippen LogP contribution in [-0.4, -0.2) is 58.7 Å². The van der Waals surface area contributed by atoms with Crippen LogP contribution in [0.2, 0.25) is 0 Å². The topological polar surface area (TPSA) is 200 Å². The molecule has 8 N–H and O–H groups in total. The Morgan fingerprint density at radius 2 is 1.19 bits per heavy atom. The van der Waals surface area contributed by atoms with E-state index in [1.807, 2.05) is 18.2 Å². The number of aliphatic hydroxyl groups excluding tert-OH is 4. The van der Waals surface area contributed by atoms with Gasteiger partial charge in [-0.3, -0.25) is 13.7 Å². The Morgan fingerprint density at radius 1 is 0.581 bits per heavy atom. The number of hydrogen-bond acceptors (Lipinski definition) is 12. The van der Waals surface area contributed by atoms with Crippen LogP contribution < -0.4 is 26.2 Å². The lowest BCUT2D eigenvalue weighted by Crippen LogP contribution is -2.61. The number of aliphatic hydroxyl groups is 4. The van der Waals surface area contributed by atoms with Gasteiger partial charge in [-0.1, -0.05) is 129 Å². The number of anilines is 6. The molecular weight excluding hydrogens is 933 g/mol. The first-order valence-electron chi connectivity index (χ1n) is 24.4. The first kappa shape index (κ1) is 47.7. The van der Waals surface area contributed by atoms with Crippen molar-refractivity contribution in [3.8, 4) is 39.8 Å². The quantitative estimate of drug-likeness (QED) is 0.0258. The van der Waals surface area contributed by atoms with Crippen molar-refractivity contribution < 1.29 is 50.0 Å². The highest BCUT2D eigenvalue weighted by Crippen LogP contribution is 2.53. The van der Waals surface area contributed by atoms with E-state index in [9.17, 15) is 40.9 Å². The molecule has 7 aromatic carbocycles. The molecule has 11 rings (SSSR count). The summed E-state index contributed by atoms with van der Waals surface area (Å²) in [4.78, 5) is 4.50. The van der Waals surface area contributed by atoms with E-state index in [2.05, 4.69) is 163 Å². The van der Waals surface area contributed by atoms with Gasteiger partial charge in [0.1, 0.15) is 17.8 Å². The molecule has 0 spiro atoms. The molecule has 0 bridgehead atoms. The molecule has 0 amide bonds. The summed E-state index contributed by atoms with van der Waals surface area (Å²) in [6.07, 6.45) is 0. The van der Waals surface area contributed by atoms with Gasteiger partial charge >= 0.3 is 0 Å². The Hall–Kier alpha value is -8.62. The smallest absolute Gasteiger partial charge is 0.252 e. The van der Waals surface area contributed by atoms with Gasteiger partial charge in [-0.15, -0.1) is 0 Å². The van der Waals surface area contributed by atoms with Crippen LogP contribution in [0.3, 0.4) is 0 Å². The Labute approximate surface area is 428 Å². The minimum absolute atomic E-state index is 0.0685. The van der Waals surface area contributed by atoms with Crippen LogP contribution in [0.5, 0.6) is 23.0 Å². The van der Waals surface area contributed by atoms with Gasteiger partial charge in [-0.05, 0) is 115 Å². The van der Waals surface area contributed by atoms with E-state index >= 15 is 0 Å². The van der Waals surface area contributed by atoms with E-state index in [-0.39, 0.29) is 21.9 Å². The molecule has 0 radical (unpaired) electrons. The van der Waals surface area contributed by atoms with Crippen LogP contribution in [0.15, 0.2) is 143 Å². The van der Waals surface area contributed by atoms with Crippen LogP contribution in [0, 0.1) is 0 Å². The van der Waals surface area contributed by atoms with Crippen molar-refractivity contribution in [2.75, 3.05) is 16.4 Å². The second kappa shape index (κ2) is 16.5. The van der Waals surface area contributed by atoms with Crippen LogP contribution >= 0.6 is 0 Å². The molecule has 14 heteroatoms. The molecular formula is C60H56BN3O10. The minimum atomic E-state index is -1.16. The molecule has 0 atom stereocenters. The van der Waals surface area contributed by atoms with E-state index in [4.69, 9.17) is 9.15 Å². The highest BCUT2D eigenvalue weighted by molar-refractivity contribution is 7.00. The molecule has 0 unspecified atom stereocenters. The number of nitrogens with zero attached hydrogens (tertiary/aromatic N) is 3. The summed E-state index contributed by atoms with van der Waals surface area (Å²) in [5.41, 5.74) is 12.5. The van der Waals surface area contributed by atoms with E-state index in [0.717, 1.165) is 71.6 Å². The molecule has 1 aliphatic carbocycles. The summed E-state index contributed by atoms with van der Waals surface area (Å²) in [6, 6.07) is 41.9. The van der Waals surface area contributed by atoms with E-state index < -0.39 is 76.1 Å². The average molecular weight is 990 g/mol. The van der Waals surface area contributed by atoms with Crippen molar-refractivity contribution in [1.82, 2.24) is 4.57 Å². The Morgan fingerprint density at radius 3 is 1.85 bits per heavy atom. The fraction of sp³-hybridized carbons (Fsp3) is 0.200. The fourth-order valence-corrected chi connectivity index (χ4v) is 11.2. The van der Waals surface area contributed by atoms with Crippen LogP contribution in [0.1, 0.15) is 89.1 Å². The van der Waals surface area contributed by atoms with Crippen molar-refractivity contribution in [1.29, 1.82) is 0 Å². The third kappa shape index (κ3) is 6.95. The number of phenols is 4. The number of benzene rings is 7.